The van der Waals surface area contributed by atoms with Gasteiger partial charge in [0.05, 0.1) is 23.7 Å². The maximum absolute atomic E-state index is 12.3. The van der Waals surface area contributed by atoms with Crippen molar-refractivity contribution in [3.63, 3.8) is 0 Å². The van der Waals surface area contributed by atoms with Crippen molar-refractivity contribution >= 4 is 28.3 Å². The van der Waals surface area contributed by atoms with Gasteiger partial charge < -0.3 is 14.8 Å². The zero-order valence-electron chi connectivity index (χ0n) is 16.2. The summed E-state index contributed by atoms with van der Waals surface area (Å²) in [6.07, 6.45) is 0. The summed E-state index contributed by atoms with van der Waals surface area (Å²) in [5.41, 5.74) is 1.89. The van der Waals surface area contributed by atoms with Crippen LogP contribution in [-0.2, 0) is 20.9 Å². The standard InChI is InChI=1S/C21H23N3O4/c1-4-27-20(26)12-24-15(3)21(14(2)23-24)22-19(25)13-28-18-10-9-16-7-5-6-8-17(16)11-18/h5-11H,4,12-13H2,1-3H3,(H,22,25). The normalized spacial score (nSPS) is 10.7. The van der Waals surface area contributed by atoms with E-state index in [4.69, 9.17) is 9.47 Å². The molecule has 0 saturated carbocycles. The molecule has 0 radical (unpaired) electrons. The molecule has 0 aliphatic carbocycles. The lowest BCUT2D eigenvalue weighted by Crippen LogP contribution is -2.21. The van der Waals surface area contributed by atoms with Gasteiger partial charge in [0.25, 0.3) is 5.91 Å². The first-order valence-corrected chi connectivity index (χ1v) is 9.09. The zero-order chi connectivity index (χ0) is 20.1. The van der Waals surface area contributed by atoms with Crippen LogP contribution in [0.2, 0.25) is 0 Å². The van der Waals surface area contributed by atoms with Crippen LogP contribution in [-0.4, -0.2) is 34.9 Å². The summed E-state index contributed by atoms with van der Waals surface area (Å²) in [5.74, 6) is -0.0408. The van der Waals surface area contributed by atoms with Crippen LogP contribution >= 0.6 is 0 Å². The van der Waals surface area contributed by atoms with Crippen molar-refractivity contribution < 1.29 is 19.1 Å². The second kappa shape index (κ2) is 8.56. The Kier molecular flexibility index (Phi) is 5.93. The van der Waals surface area contributed by atoms with Crippen molar-refractivity contribution in [1.29, 1.82) is 0 Å². The van der Waals surface area contributed by atoms with Crippen LogP contribution in [0.3, 0.4) is 0 Å². The zero-order valence-corrected chi connectivity index (χ0v) is 16.2. The SMILES string of the molecule is CCOC(=O)Cn1nc(C)c(NC(=O)COc2ccc3ccccc3c2)c1C. The highest BCUT2D eigenvalue weighted by Crippen LogP contribution is 2.22. The van der Waals surface area contributed by atoms with Crippen LogP contribution in [0.4, 0.5) is 5.69 Å². The van der Waals surface area contributed by atoms with Gasteiger partial charge in [-0.15, -0.1) is 0 Å². The van der Waals surface area contributed by atoms with Crippen LogP contribution in [0.1, 0.15) is 18.3 Å². The van der Waals surface area contributed by atoms with Crippen molar-refractivity contribution in [3.05, 3.63) is 53.9 Å². The van der Waals surface area contributed by atoms with Gasteiger partial charge in [-0.2, -0.15) is 5.10 Å². The van der Waals surface area contributed by atoms with E-state index >= 15 is 0 Å². The fraction of sp³-hybridized carbons (Fsp3) is 0.286. The molecule has 0 bridgehead atoms. The molecule has 0 saturated heterocycles. The summed E-state index contributed by atoms with van der Waals surface area (Å²) in [6, 6.07) is 13.6. The van der Waals surface area contributed by atoms with Crippen molar-refractivity contribution in [2.24, 2.45) is 0 Å². The van der Waals surface area contributed by atoms with E-state index in [9.17, 15) is 9.59 Å². The van der Waals surface area contributed by atoms with Crippen LogP contribution in [0.25, 0.3) is 10.8 Å². The van der Waals surface area contributed by atoms with E-state index in [1.807, 2.05) is 42.5 Å². The molecule has 0 spiro atoms. The van der Waals surface area contributed by atoms with E-state index in [1.54, 1.807) is 20.8 Å². The van der Waals surface area contributed by atoms with Gasteiger partial charge in [-0.3, -0.25) is 14.3 Å². The van der Waals surface area contributed by atoms with E-state index in [-0.39, 0.29) is 25.0 Å². The van der Waals surface area contributed by atoms with E-state index < -0.39 is 0 Å². The lowest BCUT2D eigenvalue weighted by molar-refractivity contribution is -0.144. The van der Waals surface area contributed by atoms with Crippen LogP contribution < -0.4 is 10.1 Å². The summed E-state index contributed by atoms with van der Waals surface area (Å²) >= 11 is 0. The van der Waals surface area contributed by atoms with Crippen molar-refractivity contribution in [1.82, 2.24) is 9.78 Å². The Balaban J connectivity index is 1.62. The molecule has 1 amide bonds. The fourth-order valence-corrected chi connectivity index (χ4v) is 2.94. The number of amides is 1. The molecule has 1 N–H and O–H groups in total. The first-order valence-electron chi connectivity index (χ1n) is 9.09. The van der Waals surface area contributed by atoms with Gasteiger partial charge >= 0.3 is 5.97 Å². The van der Waals surface area contributed by atoms with Gasteiger partial charge in [0.15, 0.2) is 6.61 Å². The topological polar surface area (TPSA) is 82.5 Å². The van der Waals surface area contributed by atoms with E-state index in [2.05, 4.69) is 10.4 Å². The Bertz CT molecular complexity index is 1010. The number of carbonyl (C=O) groups is 2. The van der Waals surface area contributed by atoms with Crippen molar-refractivity contribution in [3.8, 4) is 5.75 Å². The monoisotopic (exact) mass is 381 g/mol. The second-order valence-corrected chi connectivity index (χ2v) is 6.35. The third-order valence-corrected chi connectivity index (χ3v) is 4.32. The first kappa shape index (κ1) is 19.4. The molecule has 0 atom stereocenters. The number of aryl methyl sites for hydroxylation is 1. The maximum atomic E-state index is 12.3. The van der Waals surface area contributed by atoms with Gasteiger partial charge in [-0.05, 0) is 43.7 Å². The third kappa shape index (κ3) is 4.49. The fourth-order valence-electron chi connectivity index (χ4n) is 2.94. The minimum absolute atomic E-state index is 0.00394. The number of carbonyl (C=O) groups excluding carboxylic acids is 2. The number of nitrogens with zero attached hydrogens (tertiary/aromatic N) is 2. The Hall–Kier alpha value is -3.35. The van der Waals surface area contributed by atoms with Crippen LogP contribution in [0.15, 0.2) is 42.5 Å². The molecule has 28 heavy (non-hydrogen) atoms. The minimum atomic E-state index is -0.370. The average Bonchev–Trinajstić information content (AvgIpc) is 2.93. The number of anilines is 1. The number of ether oxygens (including phenoxy) is 2. The largest absolute Gasteiger partial charge is 0.484 e. The van der Waals surface area contributed by atoms with Gasteiger partial charge in [0.2, 0.25) is 0 Å². The predicted molar refractivity (Wildman–Crippen MR) is 106 cm³/mol. The maximum Gasteiger partial charge on any atom is 0.327 e. The molecular formula is C21H23N3O4. The smallest absolute Gasteiger partial charge is 0.327 e. The summed E-state index contributed by atoms with van der Waals surface area (Å²) in [7, 11) is 0. The molecule has 0 aliphatic rings. The Labute approximate surface area is 163 Å². The van der Waals surface area contributed by atoms with Crippen LogP contribution in [0.5, 0.6) is 5.75 Å². The molecule has 3 rings (SSSR count). The molecule has 1 aromatic heterocycles. The van der Waals surface area contributed by atoms with Gasteiger partial charge in [-0.25, -0.2) is 0 Å². The summed E-state index contributed by atoms with van der Waals surface area (Å²) < 4.78 is 12.1. The molecule has 3 aromatic rings. The molecule has 146 valence electrons. The van der Waals surface area contributed by atoms with Gasteiger partial charge in [0.1, 0.15) is 12.3 Å². The predicted octanol–water partition coefficient (Wildman–Crippen LogP) is 3.23. The Morgan fingerprint density at radius 3 is 2.61 bits per heavy atom. The number of nitrogens with one attached hydrogen (secondary N) is 1. The third-order valence-electron chi connectivity index (χ3n) is 4.32. The second-order valence-electron chi connectivity index (χ2n) is 6.35. The molecule has 0 aliphatic heterocycles. The van der Waals surface area contributed by atoms with Crippen LogP contribution in [0, 0.1) is 13.8 Å². The molecule has 7 nitrogen and oxygen atoms in total. The van der Waals surface area contributed by atoms with E-state index in [1.165, 1.54) is 4.68 Å². The van der Waals surface area contributed by atoms with Gasteiger partial charge in [-0.1, -0.05) is 30.3 Å². The highest BCUT2D eigenvalue weighted by atomic mass is 16.5. The highest BCUT2D eigenvalue weighted by Gasteiger charge is 2.16. The number of hydrogen-bond donors (Lipinski definition) is 1. The minimum Gasteiger partial charge on any atom is -0.484 e. The molecular weight excluding hydrogens is 358 g/mol. The number of hydrogen-bond acceptors (Lipinski definition) is 5. The summed E-state index contributed by atoms with van der Waals surface area (Å²) in [4.78, 5) is 24.0. The number of benzene rings is 2. The number of esters is 1. The highest BCUT2D eigenvalue weighted by molar-refractivity contribution is 5.93. The summed E-state index contributed by atoms with van der Waals surface area (Å²) in [5, 5.41) is 9.27. The van der Waals surface area contributed by atoms with Gasteiger partial charge in [0, 0.05) is 0 Å². The first-order chi connectivity index (χ1) is 13.5. The lowest BCUT2D eigenvalue weighted by Gasteiger charge is -2.09. The number of fused-ring (bicyclic) bond motifs is 1. The lowest BCUT2D eigenvalue weighted by atomic mass is 10.1. The average molecular weight is 381 g/mol. The van der Waals surface area contributed by atoms with E-state index in [0.29, 0.717) is 29.4 Å². The molecule has 0 unspecified atom stereocenters. The molecule has 0 fully saturated rings. The molecule has 1 heterocycles. The Morgan fingerprint density at radius 2 is 1.86 bits per heavy atom. The molecule has 2 aromatic carbocycles. The number of rotatable bonds is 7. The molecule has 7 heteroatoms. The summed E-state index contributed by atoms with van der Waals surface area (Å²) in [6.45, 7) is 5.51. The number of aromatic nitrogens is 2. The van der Waals surface area contributed by atoms with Crippen molar-refractivity contribution in [2.75, 3.05) is 18.5 Å². The van der Waals surface area contributed by atoms with E-state index in [0.717, 1.165) is 10.8 Å². The quantitative estimate of drug-likeness (QED) is 0.636. The Morgan fingerprint density at radius 1 is 1.11 bits per heavy atom. The van der Waals surface area contributed by atoms with Crippen molar-refractivity contribution in [2.45, 2.75) is 27.3 Å².